The maximum atomic E-state index is 12.6. The second-order valence-electron chi connectivity index (χ2n) is 7.71. The van der Waals surface area contributed by atoms with Crippen molar-refractivity contribution in [1.82, 2.24) is 10.3 Å². The smallest absolute Gasteiger partial charge is 0.329 e. The number of amides is 2. The molecule has 0 spiro atoms. The quantitative estimate of drug-likeness (QED) is 0.485. The van der Waals surface area contributed by atoms with Crippen LogP contribution in [0.3, 0.4) is 0 Å². The van der Waals surface area contributed by atoms with Crippen LogP contribution in [0.2, 0.25) is 0 Å². The Morgan fingerprint density at radius 2 is 1.74 bits per heavy atom. The van der Waals surface area contributed by atoms with E-state index in [9.17, 15) is 14.4 Å². The van der Waals surface area contributed by atoms with Gasteiger partial charge in [-0.3, -0.25) is 9.59 Å². The van der Waals surface area contributed by atoms with Gasteiger partial charge in [0.15, 0.2) is 6.61 Å². The molecule has 7 heteroatoms. The molecule has 7 nitrogen and oxygen atoms in total. The molecule has 1 aromatic heterocycles. The van der Waals surface area contributed by atoms with E-state index in [0.717, 1.165) is 22.0 Å². The lowest BCUT2D eigenvalue weighted by atomic mass is 10.0. The van der Waals surface area contributed by atoms with Crippen LogP contribution in [0.15, 0.2) is 54.7 Å². The van der Waals surface area contributed by atoms with Gasteiger partial charge in [-0.2, -0.15) is 0 Å². The topological polar surface area (TPSA) is 100 Å². The van der Waals surface area contributed by atoms with E-state index in [1.165, 1.54) is 6.92 Å². The number of esters is 1. The summed E-state index contributed by atoms with van der Waals surface area (Å²) in [5.74, 6) is -1.21. The summed E-state index contributed by atoms with van der Waals surface area (Å²) in [4.78, 5) is 39.8. The standard InChI is InChI=1S/C24H27N3O4/c1-15(2)18-8-4-7-11-21(18)27-23(29)14-31-24(30)22(26-16(3)28)12-17-13-25-20-10-6-5-9-19(17)20/h4-11,13,15,22,25H,12,14H2,1-3H3,(H,26,28)(H,27,29)/t22-/m0/s1. The van der Waals surface area contributed by atoms with Crippen molar-refractivity contribution in [3.05, 3.63) is 65.9 Å². The van der Waals surface area contributed by atoms with Crippen LogP contribution in [-0.2, 0) is 25.5 Å². The van der Waals surface area contributed by atoms with E-state index in [2.05, 4.69) is 15.6 Å². The number of benzene rings is 2. The van der Waals surface area contributed by atoms with Gasteiger partial charge in [0.2, 0.25) is 5.91 Å². The summed E-state index contributed by atoms with van der Waals surface area (Å²) >= 11 is 0. The number of aromatic amines is 1. The number of ether oxygens (including phenoxy) is 1. The summed E-state index contributed by atoms with van der Waals surface area (Å²) in [6.07, 6.45) is 2.06. The zero-order valence-corrected chi connectivity index (χ0v) is 17.9. The first-order valence-corrected chi connectivity index (χ1v) is 10.2. The lowest BCUT2D eigenvalue weighted by Gasteiger charge is -2.17. The molecule has 3 aromatic rings. The fraction of sp³-hybridized carbons (Fsp3) is 0.292. The summed E-state index contributed by atoms with van der Waals surface area (Å²) in [7, 11) is 0. The molecule has 162 valence electrons. The lowest BCUT2D eigenvalue weighted by molar-refractivity contribution is -0.150. The van der Waals surface area contributed by atoms with Crippen molar-refractivity contribution in [3.63, 3.8) is 0 Å². The van der Waals surface area contributed by atoms with E-state index in [4.69, 9.17) is 4.74 Å². The third-order valence-electron chi connectivity index (χ3n) is 4.96. The fourth-order valence-electron chi connectivity index (χ4n) is 3.50. The number of aromatic nitrogens is 1. The van der Waals surface area contributed by atoms with Crippen LogP contribution < -0.4 is 10.6 Å². The van der Waals surface area contributed by atoms with Gasteiger partial charge in [-0.15, -0.1) is 0 Å². The molecule has 0 saturated heterocycles. The highest BCUT2D eigenvalue weighted by Crippen LogP contribution is 2.23. The predicted octanol–water partition coefficient (Wildman–Crippen LogP) is 3.52. The number of rotatable bonds is 8. The molecule has 31 heavy (non-hydrogen) atoms. The Hall–Kier alpha value is -3.61. The molecule has 1 atom stereocenters. The third-order valence-corrected chi connectivity index (χ3v) is 4.96. The molecule has 0 unspecified atom stereocenters. The molecule has 3 rings (SSSR count). The average molecular weight is 421 g/mol. The van der Waals surface area contributed by atoms with Crippen LogP contribution in [0.25, 0.3) is 10.9 Å². The molecule has 0 bridgehead atoms. The third kappa shape index (κ3) is 5.72. The van der Waals surface area contributed by atoms with E-state index in [1.807, 2.05) is 68.6 Å². The maximum absolute atomic E-state index is 12.6. The van der Waals surface area contributed by atoms with Crippen LogP contribution in [0.1, 0.15) is 37.8 Å². The molecule has 0 saturated carbocycles. The van der Waals surface area contributed by atoms with E-state index in [-0.39, 0.29) is 18.2 Å². The van der Waals surface area contributed by atoms with Crippen LogP contribution in [0.4, 0.5) is 5.69 Å². The lowest BCUT2D eigenvalue weighted by Crippen LogP contribution is -2.43. The van der Waals surface area contributed by atoms with Gasteiger partial charge in [-0.25, -0.2) is 4.79 Å². The van der Waals surface area contributed by atoms with E-state index < -0.39 is 24.5 Å². The van der Waals surface area contributed by atoms with Gasteiger partial charge >= 0.3 is 5.97 Å². The minimum absolute atomic E-state index is 0.236. The van der Waals surface area contributed by atoms with E-state index >= 15 is 0 Å². The molecular weight excluding hydrogens is 394 g/mol. The second-order valence-corrected chi connectivity index (χ2v) is 7.71. The van der Waals surface area contributed by atoms with Crippen molar-refractivity contribution in [2.45, 2.75) is 39.2 Å². The van der Waals surface area contributed by atoms with E-state index in [1.54, 1.807) is 0 Å². The molecule has 0 radical (unpaired) electrons. The summed E-state index contributed by atoms with van der Waals surface area (Å²) in [6, 6.07) is 14.3. The summed E-state index contributed by atoms with van der Waals surface area (Å²) in [5, 5.41) is 6.38. The van der Waals surface area contributed by atoms with Gasteiger partial charge in [0.05, 0.1) is 0 Å². The SMILES string of the molecule is CC(=O)N[C@@H](Cc1c[nH]c2ccccc12)C(=O)OCC(=O)Nc1ccccc1C(C)C. The van der Waals surface area contributed by atoms with Gasteiger partial charge in [0.25, 0.3) is 5.91 Å². The van der Waals surface area contributed by atoms with Gasteiger partial charge in [-0.1, -0.05) is 50.2 Å². The summed E-state index contributed by atoms with van der Waals surface area (Å²) in [5.41, 5.74) is 3.51. The van der Waals surface area contributed by atoms with Gasteiger partial charge < -0.3 is 20.4 Å². The molecule has 2 amide bonds. The number of nitrogens with one attached hydrogen (secondary N) is 3. The Morgan fingerprint density at radius 3 is 2.48 bits per heavy atom. The molecule has 2 aromatic carbocycles. The van der Waals surface area contributed by atoms with Crippen LogP contribution >= 0.6 is 0 Å². The number of para-hydroxylation sites is 2. The first-order chi connectivity index (χ1) is 14.8. The van der Waals surface area contributed by atoms with Gasteiger partial charge in [-0.05, 0) is 29.2 Å². The number of carbonyl (C=O) groups is 3. The largest absolute Gasteiger partial charge is 0.454 e. The number of hydrogen-bond acceptors (Lipinski definition) is 4. The Morgan fingerprint density at radius 1 is 1.03 bits per heavy atom. The average Bonchev–Trinajstić information content (AvgIpc) is 3.14. The van der Waals surface area contributed by atoms with Crippen molar-refractivity contribution in [1.29, 1.82) is 0 Å². The number of carbonyl (C=O) groups excluding carboxylic acids is 3. The minimum atomic E-state index is -0.896. The first-order valence-electron chi connectivity index (χ1n) is 10.2. The van der Waals surface area contributed by atoms with Gasteiger partial charge in [0.1, 0.15) is 6.04 Å². The number of anilines is 1. The maximum Gasteiger partial charge on any atom is 0.329 e. The zero-order valence-electron chi connectivity index (χ0n) is 17.9. The zero-order chi connectivity index (χ0) is 22.4. The molecule has 3 N–H and O–H groups in total. The normalized spacial score (nSPS) is 11.9. The van der Waals surface area contributed by atoms with Crippen molar-refractivity contribution >= 4 is 34.4 Å². The first kappa shape index (κ1) is 22.1. The number of fused-ring (bicyclic) bond motifs is 1. The predicted molar refractivity (Wildman–Crippen MR) is 120 cm³/mol. The van der Waals surface area contributed by atoms with Crippen molar-refractivity contribution in [2.75, 3.05) is 11.9 Å². The van der Waals surface area contributed by atoms with Gasteiger partial charge in [0, 0.05) is 36.1 Å². The minimum Gasteiger partial charge on any atom is -0.454 e. The Bertz CT molecular complexity index is 1090. The van der Waals surface area contributed by atoms with E-state index in [0.29, 0.717) is 5.69 Å². The number of H-pyrrole nitrogens is 1. The van der Waals surface area contributed by atoms with Crippen LogP contribution in [-0.4, -0.2) is 35.4 Å². The van der Waals surface area contributed by atoms with Crippen molar-refractivity contribution in [3.8, 4) is 0 Å². The molecule has 0 aliphatic carbocycles. The Labute approximate surface area is 181 Å². The highest BCUT2D eigenvalue weighted by molar-refractivity contribution is 5.94. The van der Waals surface area contributed by atoms with Crippen LogP contribution in [0, 0.1) is 0 Å². The van der Waals surface area contributed by atoms with Crippen molar-refractivity contribution in [2.24, 2.45) is 0 Å². The summed E-state index contributed by atoms with van der Waals surface area (Å²) < 4.78 is 5.22. The molecule has 0 aliphatic rings. The highest BCUT2D eigenvalue weighted by Gasteiger charge is 2.24. The Balaban J connectivity index is 1.64. The van der Waals surface area contributed by atoms with Crippen LogP contribution in [0.5, 0.6) is 0 Å². The molecule has 0 aliphatic heterocycles. The second kappa shape index (κ2) is 9.93. The molecular formula is C24H27N3O4. The Kier molecular flexibility index (Phi) is 7.07. The fourth-order valence-corrected chi connectivity index (χ4v) is 3.50. The highest BCUT2D eigenvalue weighted by atomic mass is 16.5. The van der Waals surface area contributed by atoms with Crippen molar-refractivity contribution < 1.29 is 19.1 Å². The number of hydrogen-bond donors (Lipinski definition) is 3. The molecule has 1 heterocycles. The summed E-state index contributed by atoms with van der Waals surface area (Å²) in [6.45, 7) is 4.97. The molecule has 0 fully saturated rings. The monoisotopic (exact) mass is 421 g/mol.